The van der Waals surface area contributed by atoms with E-state index in [-0.39, 0.29) is 17.4 Å². The number of thioether (sulfide) groups is 1. The van der Waals surface area contributed by atoms with Gasteiger partial charge in [0.25, 0.3) is 5.91 Å². The molecule has 154 valence electrons. The number of nitrogens with zero attached hydrogens (tertiary/aromatic N) is 3. The Morgan fingerprint density at radius 1 is 1.25 bits per heavy atom. The number of H-pyrrole nitrogens is 1. The zero-order valence-electron chi connectivity index (χ0n) is 16.1. The van der Waals surface area contributed by atoms with Gasteiger partial charge in [0.2, 0.25) is 15.2 Å². The molecule has 2 aromatic rings. The van der Waals surface area contributed by atoms with Crippen molar-refractivity contribution in [1.82, 2.24) is 24.8 Å². The Morgan fingerprint density at radius 3 is 2.50 bits per heavy atom. The largest absolute Gasteiger partial charge is 0.484 e. The summed E-state index contributed by atoms with van der Waals surface area (Å²) < 4.78 is 31.7. The second kappa shape index (κ2) is 10.4. The van der Waals surface area contributed by atoms with Gasteiger partial charge in [-0.15, -0.1) is 5.10 Å². The number of aromatic nitrogens is 3. The molecule has 1 amide bonds. The monoisotopic (exact) mass is 427 g/mol. The van der Waals surface area contributed by atoms with Crippen LogP contribution < -0.4 is 10.1 Å². The Balaban J connectivity index is 1.75. The van der Waals surface area contributed by atoms with E-state index in [2.05, 4.69) is 20.5 Å². The Bertz CT molecular complexity index is 864. The molecule has 0 unspecified atom stereocenters. The van der Waals surface area contributed by atoms with Crippen molar-refractivity contribution in [3.8, 4) is 5.75 Å². The maximum absolute atomic E-state index is 12.4. The summed E-state index contributed by atoms with van der Waals surface area (Å²) in [5.41, 5.74) is 0. The van der Waals surface area contributed by atoms with Crippen molar-refractivity contribution >= 4 is 27.7 Å². The molecule has 0 spiro atoms. The first-order valence-corrected chi connectivity index (χ1v) is 11.3. The molecule has 1 heterocycles. The summed E-state index contributed by atoms with van der Waals surface area (Å²) in [7, 11) is -3.50. The molecule has 0 atom stereocenters. The zero-order valence-corrected chi connectivity index (χ0v) is 17.8. The van der Waals surface area contributed by atoms with E-state index in [0.717, 1.165) is 5.82 Å². The number of hydrogen-bond donors (Lipinski definition) is 2. The Hall–Kier alpha value is -2.11. The number of carbonyl (C=O) groups is 1. The number of benzene rings is 1. The minimum Gasteiger partial charge on any atom is -0.484 e. The summed E-state index contributed by atoms with van der Waals surface area (Å²) in [5, 5.41) is 10.1. The van der Waals surface area contributed by atoms with Gasteiger partial charge in [-0.3, -0.25) is 9.89 Å². The van der Waals surface area contributed by atoms with Gasteiger partial charge in [0, 0.05) is 25.4 Å². The smallest absolute Gasteiger partial charge is 0.257 e. The van der Waals surface area contributed by atoms with Crippen molar-refractivity contribution in [1.29, 1.82) is 0 Å². The summed E-state index contributed by atoms with van der Waals surface area (Å²) >= 11 is 1.44. The highest BCUT2D eigenvalue weighted by molar-refractivity contribution is 7.99. The topological polar surface area (TPSA) is 117 Å². The molecular formula is C17H25N5O4S2. The maximum atomic E-state index is 12.4. The quantitative estimate of drug-likeness (QED) is 0.411. The summed E-state index contributed by atoms with van der Waals surface area (Å²) in [4.78, 5) is 16.2. The van der Waals surface area contributed by atoms with Gasteiger partial charge in [-0.2, -0.15) is 4.31 Å². The number of rotatable bonds is 11. The first-order valence-electron chi connectivity index (χ1n) is 8.88. The van der Waals surface area contributed by atoms with Crippen LogP contribution in [0.25, 0.3) is 0 Å². The van der Waals surface area contributed by atoms with E-state index < -0.39 is 10.0 Å². The summed E-state index contributed by atoms with van der Waals surface area (Å²) in [6, 6.07) is 6.06. The molecule has 0 saturated carbocycles. The highest BCUT2D eigenvalue weighted by Gasteiger charge is 2.21. The van der Waals surface area contributed by atoms with E-state index in [1.807, 2.05) is 6.92 Å². The summed E-state index contributed by atoms with van der Waals surface area (Å²) in [6.07, 6.45) is 0. The Labute approximate surface area is 169 Å². The van der Waals surface area contributed by atoms with Crippen molar-refractivity contribution in [2.75, 3.05) is 32.0 Å². The summed E-state index contributed by atoms with van der Waals surface area (Å²) in [6.45, 7) is 6.54. The molecule has 0 aliphatic carbocycles. The molecule has 0 radical (unpaired) electrons. The number of amides is 1. The number of sulfonamides is 1. The number of nitrogens with one attached hydrogen (secondary N) is 2. The van der Waals surface area contributed by atoms with E-state index in [0.29, 0.717) is 36.3 Å². The minimum atomic E-state index is -3.50. The molecule has 0 aliphatic heterocycles. The third kappa shape index (κ3) is 6.21. The first-order chi connectivity index (χ1) is 13.4. The lowest BCUT2D eigenvalue weighted by atomic mass is 10.3. The fraction of sp³-hybridized carbons (Fsp3) is 0.471. The molecule has 2 N–H and O–H groups in total. The number of carbonyl (C=O) groups excluding carboxylic acids is 1. The number of ether oxygens (including phenoxy) is 1. The molecule has 0 fully saturated rings. The van der Waals surface area contributed by atoms with Crippen LogP contribution in [-0.4, -0.2) is 65.8 Å². The molecule has 1 aromatic heterocycles. The molecular weight excluding hydrogens is 402 g/mol. The highest BCUT2D eigenvalue weighted by atomic mass is 32.2. The van der Waals surface area contributed by atoms with Gasteiger partial charge in [-0.05, 0) is 31.2 Å². The van der Waals surface area contributed by atoms with Crippen molar-refractivity contribution in [2.24, 2.45) is 0 Å². The molecule has 1 aromatic carbocycles. The molecule has 0 saturated heterocycles. The van der Waals surface area contributed by atoms with Crippen LogP contribution in [0.4, 0.5) is 0 Å². The fourth-order valence-electron chi connectivity index (χ4n) is 2.34. The molecule has 0 aliphatic rings. The minimum absolute atomic E-state index is 0.146. The van der Waals surface area contributed by atoms with Gasteiger partial charge in [0.05, 0.1) is 4.90 Å². The summed E-state index contributed by atoms with van der Waals surface area (Å²) in [5.74, 6) is 1.56. The van der Waals surface area contributed by atoms with Crippen LogP contribution in [0, 0.1) is 6.92 Å². The molecule has 9 nitrogen and oxygen atoms in total. The number of hydrogen-bond acceptors (Lipinski definition) is 7. The third-order valence-corrected chi connectivity index (χ3v) is 6.68. The third-order valence-electron chi connectivity index (χ3n) is 3.77. The molecule has 28 heavy (non-hydrogen) atoms. The fourth-order valence-corrected chi connectivity index (χ4v) is 4.50. The average molecular weight is 428 g/mol. The van der Waals surface area contributed by atoms with Crippen LogP contribution in [-0.2, 0) is 14.8 Å². The van der Waals surface area contributed by atoms with Crippen LogP contribution >= 0.6 is 11.8 Å². The van der Waals surface area contributed by atoms with E-state index in [9.17, 15) is 13.2 Å². The molecule has 0 bridgehead atoms. The van der Waals surface area contributed by atoms with Gasteiger partial charge >= 0.3 is 0 Å². The lowest BCUT2D eigenvalue weighted by Crippen LogP contribution is -2.31. The average Bonchev–Trinajstić information content (AvgIpc) is 3.10. The Morgan fingerprint density at radius 2 is 1.93 bits per heavy atom. The van der Waals surface area contributed by atoms with Crippen molar-refractivity contribution in [3.63, 3.8) is 0 Å². The highest BCUT2D eigenvalue weighted by Crippen LogP contribution is 2.19. The SMILES string of the molecule is CCN(CC)S(=O)(=O)c1ccc(OCC(=O)NCCSc2n[nH]c(C)n2)cc1. The standard InChI is InChI=1S/C17H25N5O4S2/c1-4-22(5-2)28(24,25)15-8-6-14(7-9-15)26-12-16(23)18-10-11-27-17-19-13(3)20-21-17/h6-9H,4-5,10-12H2,1-3H3,(H,18,23)(H,19,20,21). The van der Waals surface area contributed by atoms with Crippen molar-refractivity contribution in [3.05, 3.63) is 30.1 Å². The number of aromatic amines is 1. The van der Waals surface area contributed by atoms with Gasteiger partial charge in [-0.1, -0.05) is 25.6 Å². The predicted molar refractivity (Wildman–Crippen MR) is 107 cm³/mol. The van der Waals surface area contributed by atoms with Crippen LogP contribution in [0.2, 0.25) is 0 Å². The second-order valence-electron chi connectivity index (χ2n) is 5.75. The molecule has 11 heteroatoms. The van der Waals surface area contributed by atoms with Gasteiger partial charge in [-0.25, -0.2) is 13.4 Å². The first kappa shape index (κ1) is 22.2. The van der Waals surface area contributed by atoms with E-state index in [1.54, 1.807) is 26.0 Å². The van der Waals surface area contributed by atoms with Crippen molar-refractivity contribution < 1.29 is 17.9 Å². The second-order valence-corrected chi connectivity index (χ2v) is 8.75. The van der Waals surface area contributed by atoms with Gasteiger partial charge in [0.15, 0.2) is 6.61 Å². The van der Waals surface area contributed by atoms with Crippen LogP contribution in [0.3, 0.4) is 0 Å². The van der Waals surface area contributed by atoms with E-state index in [1.165, 1.54) is 28.2 Å². The lowest BCUT2D eigenvalue weighted by molar-refractivity contribution is -0.122. The Kier molecular flexibility index (Phi) is 8.27. The maximum Gasteiger partial charge on any atom is 0.257 e. The normalized spacial score (nSPS) is 11.6. The predicted octanol–water partition coefficient (Wildman–Crippen LogP) is 1.43. The van der Waals surface area contributed by atoms with Crippen LogP contribution in [0.1, 0.15) is 19.7 Å². The van der Waals surface area contributed by atoms with Gasteiger partial charge < -0.3 is 10.1 Å². The van der Waals surface area contributed by atoms with Crippen molar-refractivity contribution in [2.45, 2.75) is 30.8 Å². The van der Waals surface area contributed by atoms with Crippen LogP contribution in [0.15, 0.2) is 34.3 Å². The lowest BCUT2D eigenvalue weighted by Gasteiger charge is -2.18. The number of aryl methyl sites for hydroxylation is 1. The van der Waals surface area contributed by atoms with Crippen LogP contribution in [0.5, 0.6) is 5.75 Å². The molecule has 2 rings (SSSR count). The van der Waals surface area contributed by atoms with E-state index in [4.69, 9.17) is 4.74 Å². The van der Waals surface area contributed by atoms with E-state index >= 15 is 0 Å². The van der Waals surface area contributed by atoms with Gasteiger partial charge in [0.1, 0.15) is 11.6 Å². The zero-order chi connectivity index (χ0) is 20.6.